The van der Waals surface area contributed by atoms with Crippen molar-refractivity contribution in [2.45, 2.75) is 63.2 Å². The van der Waals surface area contributed by atoms with E-state index in [4.69, 9.17) is 0 Å². The fraction of sp³-hybridized carbons (Fsp3) is 0.481. The number of likely N-dealkylation sites (tertiary alicyclic amines) is 1. The molecule has 172 valence electrons. The standard InChI is InChI=1S/C27H35F2N3/c1-19(23-12-11-21(26(2,3)29)18-24(23)30-4)31-25(20-9-7-10-22(28)17-20)27(13-8-14-27)32-15-5-6-16-32/h7,9-12,17-18,25,30-31H,1,5-6,8,13-16H2,2-4H3. The molecule has 0 amide bonds. The Labute approximate surface area is 190 Å². The Kier molecular flexibility index (Phi) is 6.30. The molecule has 4 rings (SSSR count). The molecule has 0 bridgehead atoms. The number of hydrogen-bond donors (Lipinski definition) is 2. The zero-order chi connectivity index (χ0) is 22.9. The normalized spacial score (nSPS) is 19.3. The van der Waals surface area contributed by atoms with Gasteiger partial charge >= 0.3 is 0 Å². The van der Waals surface area contributed by atoms with Gasteiger partial charge in [-0.25, -0.2) is 8.78 Å². The van der Waals surface area contributed by atoms with Crippen molar-refractivity contribution >= 4 is 11.4 Å². The number of alkyl halides is 1. The molecule has 1 unspecified atom stereocenters. The van der Waals surface area contributed by atoms with Crippen LogP contribution < -0.4 is 10.6 Å². The first-order valence-corrected chi connectivity index (χ1v) is 11.7. The average Bonchev–Trinajstić information content (AvgIpc) is 3.26. The number of rotatable bonds is 8. The maximum Gasteiger partial charge on any atom is 0.130 e. The van der Waals surface area contributed by atoms with Gasteiger partial charge in [-0.15, -0.1) is 0 Å². The Morgan fingerprint density at radius 1 is 1.09 bits per heavy atom. The highest BCUT2D eigenvalue weighted by Crippen LogP contribution is 2.49. The van der Waals surface area contributed by atoms with Gasteiger partial charge in [0.05, 0.1) is 6.04 Å². The second kappa shape index (κ2) is 8.86. The zero-order valence-corrected chi connectivity index (χ0v) is 19.5. The van der Waals surface area contributed by atoms with Gasteiger partial charge in [-0.2, -0.15) is 0 Å². The van der Waals surface area contributed by atoms with Gasteiger partial charge in [0, 0.05) is 29.5 Å². The van der Waals surface area contributed by atoms with E-state index < -0.39 is 5.67 Å². The molecule has 1 aliphatic carbocycles. The van der Waals surface area contributed by atoms with E-state index in [0.717, 1.165) is 48.4 Å². The highest BCUT2D eigenvalue weighted by molar-refractivity contribution is 5.75. The van der Waals surface area contributed by atoms with Crippen LogP contribution in [-0.2, 0) is 5.67 Å². The van der Waals surface area contributed by atoms with Gasteiger partial charge in [-0.1, -0.05) is 30.8 Å². The SMILES string of the molecule is C=C(NC(c1cccc(F)c1)C1(N2CCCC2)CCC1)c1ccc(C(C)(C)F)cc1NC. The van der Waals surface area contributed by atoms with Crippen LogP contribution in [0.1, 0.15) is 68.7 Å². The Bertz CT molecular complexity index is 969. The minimum Gasteiger partial charge on any atom is -0.388 e. The van der Waals surface area contributed by atoms with Crippen molar-refractivity contribution in [3.8, 4) is 0 Å². The largest absolute Gasteiger partial charge is 0.388 e. The molecule has 2 aliphatic rings. The second-order valence-electron chi connectivity index (χ2n) is 9.75. The molecular formula is C27H35F2N3. The number of nitrogens with one attached hydrogen (secondary N) is 2. The van der Waals surface area contributed by atoms with Crippen LogP contribution >= 0.6 is 0 Å². The molecule has 2 aromatic rings. The first-order valence-electron chi connectivity index (χ1n) is 11.7. The van der Waals surface area contributed by atoms with Crippen LogP contribution in [0.5, 0.6) is 0 Å². The van der Waals surface area contributed by atoms with Gasteiger partial charge < -0.3 is 10.6 Å². The van der Waals surface area contributed by atoms with Gasteiger partial charge in [-0.3, -0.25) is 4.90 Å². The summed E-state index contributed by atoms with van der Waals surface area (Å²) in [5.41, 5.74) is 2.60. The van der Waals surface area contributed by atoms with Crippen LogP contribution in [0, 0.1) is 5.82 Å². The first kappa shape index (κ1) is 22.8. The topological polar surface area (TPSA) is 27.3 Å². The van der Waals surface area contributed by atoms with Crippen LogP contribution in [0.4, 0.5) is 14.5 Å². The number of hydrogen-bond acceptors (Lipinski definition) is 3. The summed E-state index contributed by atoms with van der Waals surface area (Å²) in [4.78, 5) is 2.60. The van der Waals surface area contributed by atoms with E-state index in [1.165, 1.54) is 25.3 Å². The molecular weight excluding hydrogens is 404 g/mol. The molecule has 1 saturated carbocycles. The van der Waals surface area contributed by atoms with Gasteiger partial charge in [0.15, 0.2) is 0 Å². The van der Waals surface area contributed by atoms with Crippen molar-refractivity contribution in [2.75, 3.05) is 25.5 Å². The van der Waals surface area contributed by atoms with Gasteiger partial charge in [0.1, 0.15) is 11.5 Å². The van der Waals surface area contributed by atoms with Crippen LogP contribution in [0.2, 0.25) is 0 Å². The first-order chi connectivity index (χ1) is 15.2. The van der Waals surface area contributed by atoms with Crippen molar-refractivity contribution < 1.29 is 8.78 Å². The molecule has 1 atom stereocenters. The van der Waals surface area contributed by atoms with E-state index in [9.17, 15) is 8.78 Å². The van der Waals surface area contributed by atoms with Crippen LogP contribution in [0.15, 0.2) is 49.0 Å². The van der Waals surface area contributed by atoms with Crippen molar-refractivity contribution in [1.82, 2.24) is 10.2 Å². The molecule has 32 heavy (non-hydrogen) atoms. The summed E-state index contributed by atoms with van der Waals surface area (Å²) in [6.07, 6.45) is 5.77. The summed E-state index contributed by atoms with van der Waals surface area (Å²) < 4.78 is 28.8. The van der Waals surface area contributed by atoms with Gasteiger partial charge in [-0.05, 0) is 88.4 Å². The van der Waals surface area contributed by atoms with Crippen molar-refractivity contribution in [1.29, 1.82) is 0 Å². The van der Waals surface area contributed by atoms with Crippen molar-refractivity contribution in [3.63, 3.8) is 0 Å². The number of anilines is 1. The Balaban J connectivity index is 1.69. The molecule has 1 heterocycles. The molecule has 1 saturated heterocycles. The number of benzene rings is 2. The molecule has 2 fully saturated rings. The highest BCUT2D eigenvalue weighted by Gasteiger charge is 2.50. The van der Waals surface area contributed by atoms with Crippen molar-refractivity contribution in [2.24, 2.45) is 0 Å². The number of nitrogens with zero attached hydrogens (tertiary/aromatic N) is 1. The van der Waals surface area contributed by atoms with Crippen LogP contribution in [0.25, 0.3) is 5.70 Å². The predicted octanol–water partition coefficient (Wildman–Crippen LogP) is 6.39. The fourth-order valence-corrected chi connectivity index (χ4v) is 5.34. The lowest BCUT2D eigenvalue weighted by molar-refractivity contribution is 0.00370. The molecule has 0 aromatic heterocycles. The minimum absolute atomic E-state index is 0.0338. The molecule has 5 heteroatoms. The summed E-state index contributed by atoms with van der Waals surface area (Å²) in [6.45, 7) is 9.65. The smallest absolute Gasteiger partial charge is 0.130 e. The lowest BCUT2D eigenvalue weighted by atomic mass is 9.68. The van der Waals surface area contributed by atoms with E-state index in [0.29, 0.717) is 5.56 Å². The van der Waals surface area contributed by atoms with E-state index in [-0.39, 0.29) is 17.4 Å². The molecule has 2 N–H and O–H groups in total. The summed E-state index contributed by atoms with van der Waals surface area (Å²) in [5, 5.41) is 6.89. The third kappa shape index (κ3) is 4.27. The molecule has 0 spiro atoms. The molecule has 2 aromatic carbocycles. The molecule has 3 nitrogen and oxygen atoms in total. The summed E-state index contributed by atoms with van der Waals surface area (Å²) in [5.74, 6) is -0.221. The zero-order valence-electron chi connectivity index (χ0n) is 19.5. The van der Waals surface area contributed by atoms with E-state index in [1.807, 2.05) is 31.3 Å². The van der Waals surface area contributed by atoms with Gasteiger partial charge in [0.25, 0.3) is 0 Å². The van der Waals surface area contributed by atoms with E-state index >= 15 is 0 Å². The Hall–Kier alpha value is -2.40. The lowest BCUT2D eigenvalue weighted by Gasteiger charge is -2.54. The van der Waals surface area contributed by atoms with E-state index in [1.54, 1.807) is 26.0 Å². The Morgan fingerprint density at radius 3 is 2.38 bits per heavy atom. The number of halogens is 2. The highest BCUT2D eigenvalue weighted by atomic mass is 19.1. The van der Waals surface area contributed by atoms with Crippen LogP contribution in [0.3, 0.4) is 0 Å². The Morgan fingerprint density at radius 2 is 1.81 bits per heavy atom. The monoisotopic (exact) mass is 439 g/mol. The summed E-state index contributed by atoms with van der Waals surface area (Å²) in [7, 11) is 1.84. The summed E-state index contributed by atoms with van der Waals surface area (Å²) >= 11 is 0. The predicted molar refractivity (Wildman–Crippen MR) is 129 cm³/mol. The lowest BCUT2D eigenvalue weighted by Crippen LogP contribution is -2.59. The molecule has 0 radical (unpaired) electrons. The second-order valence-corrected chi connectivity index (χ2v) is 9.75. The third-order valence-electron chi connectivity index (χ3n) is 7.29. The quantitative estimate of drug-likeness (QED) is 0.499. The molecule has 1 aliphatic heterocycles. The summed E-state index contributed by atoms with van der Waals surface area (Å²) in [6, 6.07) is 12.5. The van der Waals surface area contributed by atoms with Crippen molar-refractivity contribution in [3.05, 3.63) is 71.6 Å². The van der Waals surface area contributed by atoms with Crippen LogP contribution in [-0.4, -0.2) is 30.6 Å². The fourth-order valence-electron chi connectivity index (χ4n) is 5.34. The van der Waals surface area contributed by atoms with E-state index in [2.05, 4.69) is 22.1 Å². The third-order valence-corrected chi connectivity index (χ3v) is 7.29. The maximum atomic E-state index is 14.5. The minimum atomic E-state index is -1.42. The maximum absolute atomic E-state index is 14.5. The van der Waals surface area contributed by atoms with Gasteiger partial charge in [0.2, 0.25) is 0 Å². The average molecular weight is 440 g/mol.